The molecule has 0 atom stereocenters. The van der Waals surface area contributed by atoms with Crippen LogP contribution in [0.2, 0.25) is 10.0 Å². The smallest absolute Gasteiger partial charge is 0.870 e. The van der Waals surface area contributed by atoms with E-state index in [1.165, 1.54) is 26.2 Å². The monoisotopic (exact) mass is 581 g/mol. The number of carbonyl (C=O) groups is 1. The van der Waals surface area contributed by atoms with Crippen molar-refractivity contribution in [3.05, 3.63) is 81.8 Å². The number of hydrogen-bond donors (Lipinski definition) is 2. The topological polar surface area (TPSA) is 140 Å². The quantitative estimate of drug-likeness (QED) is 0.203. The van der Waals surface area contributed by atoms with Gasteiger partial charge in [0.2, 0.25) is 0 Å². The van der Waals surface area contributed by atoms with E-state index in [1.807, 2.05) is 0 Å². The summed E-state index contributed by atoms with van der Waals surface area (Å²) in [6, 6.07) is 15.5. The van der Waals surface area contributed by atoms with Gasteiger partial charge in [0, 0.05) is 10.9 Å². The molecule has 4 aromatic rings. The Bertz CT molecular complexity index is 1700. The summed E-state index contributed by atoms with van der Waals surface area (Å²) in [6.07, 6.45) is 0. The van der Waals surface area contributed by atoms with Gasteiger partial charge in [-0.05, 0) is 48.2 Å². The summed E-state index contributed by atoms with van der Waals surface area (Å²) < 4.78 is 38.1. The van der Waals surface area contributed by atoms with Gasteiger partial charge in [0.1, 0.15) is 4.90 Å². The summed E-state index contributed by atoms with van der Waals surface area (Å²) in [6.45, 7) is 1.53. The predicted molar refractivity (Wildman–Crippen MR) is 140 cm³/mol. The van der Waals surface area contributed by atoms with Gasteiger partial charge in [-0.3, -0.25) is 9.35 Å². The van der Waals surface area contributed by atoms with Gasteiger partial charge in [0.05, 0.1) is 34.2 Å². The number of carbonyl (C=O) groups excluding carboxylic acids is 1. The normalized spacial score (nSPS) is 11.4. The second-order valence-corrected chi connectivity index (χ2v) is 10.0. The molecule has 0 aromatic heterocycles. The van der Waals surface area contributed by atoms with E-state index in [0.717, 1.165) is 6.07 Å². The minimum absolute atomic E-state index is 0. The summed E-state index contributed by atoms with van der Waals surface area (Å²) in [5.74, 6) is -1.19. The van der Waals surface area contributed by atoms with Crippen LogP contribution in [0.5, 0.6) is 11.5 Å². The van der Waals surface area contributed by atoms with Crippen LogP contribution in [0, 0.1) is 6.92 Å². The number of aryl methyl sites for hydroxylation is 1. The second kappa shape index (κ2) is 12.0. The number of nitrogens with zero attached hydrogens (tertiary/aromatic N) is 2. The molecule has 2 N–H and O–H groups in total. The Morgan fingerprint density at radius 1 is 1.05 bits per heavy atom. The van der Waals surface area contributed by atoms with Crippen LogP contribution in [-0.2, 0) is 10.1 Å². The number of amides is 1. The Balaban J connectivity index is 0.00000400. The van der Waals surface area contributed by atoms with Gasteiger partial charge in [0.25, 0.3) is 16.0 Å². The number of benzene rings is 4. The molecule has 0 spiro atoms. The molecular formula is C25H18Cl2N3NaO6S. The third-order valence-corrected chi connectivity index (χ3v) is 7.18. The van der Waals surface area contributed by atoms with Crippen LogP contribution in [0.4, 0.5) is 17.1 Å². The van der Waals surface area contributed by atoms with E-state index >= 15 is 0 Å². The first-order chi connectivity index (χ1) is 17.5. The maximum Gasteiger partial charge on any atom is 1.00 e. The van der Waals surface area contributed by atoms with Crippen LogP contribution in [0.1, 0.15) is 15.9 Å². The first-order valence-corrected chi connectivity index (χ1v) is 12.8. The van der Waals surface area contributed by atoms with Crippen LogP contribution in [-0.4, -0.2) is 26.0 Å². The minimum atomic E-state index is -4.63. The molecule has 0 aliphatic heterocycles. The van der Waals surface area contributed by atoms with Crippen molar-refractivity contribution in [2.45, 2.75) is 11.8 Å². The van der Waals surface area contributed by atoms with E-state index in [9.17, 15) is 22.9 Å². The number of azo groups is 1. The fourth-order valence-corrected chi connectivity index (χ4v) is 4.96. The van der Waals surface area contributed by atoms with E-state index in [0.29, 0.717) is 16.3 Å². The zero-order valence-electron chi connectivity index (χ0n) is 20.3. The number of methoxy groups -OCH3 is 1. The summed E-state index contributed by atoms with van der Waals surface area (Å²) in [5.41, 5.74) is 0.270. The molecule has 0 heterocycles. The van der Waals surface area contributed by atoms with E-state index in [1.54, 1.807) is 42.5 Å². The number of rotatable bonds is 6. The van der Waals surface area contributed by atoms with Crippen LogP contribution < -0.4 is 44.7 Å². The van der Waals surface area contributed by atoms with Crippen molar-refractivity contribution in [1.29, 1.82) is 0 Å². The van der Waals surface area contributed by atoms with Crippen molar-refractivity contribution >= 4 is 67.1 Å². The molecule has 9 nitrogen and oxygen atoms in total. The molecule has 0 aliphatic rings. The molecule has 13 heteroatoms. The number of hydrogen-bond acceptors (Lipinski definition) is 7. The van der Waals surface area contributed by atoms with Crippen molar-refractivity contribution in [1.82, 2.24) is 0 Å². The van der Waals surface area contributed by atoms with Crippen molar-refractivity contribution in [3.63, 3.8) is 0 Å². The molecule has 0 saturated heterocycles. The average Bonchev–Trinajstić information content (AvgIpc) is 2.84. The Labute approximate surface area is 250 Å². The SMILES string of the molecule is COc1c(Cl)cccc1NC(=O)c1cc2ccccc2c(N=Nc2cc(C)c(Cl)c(S(=O)(=O)O)c2)c1[O-].[Na+]. The van der Waals surface area contributed by atoms with Gasteiger partial charge in [-0.2, -0.15) is 18.6 Å². The summed E-state index contributed by atoms with van der Waals surface area (Å²) >= 11 is 12.1. The number of ether oxygens (including phenoxy) is 1. The summed E-state index contributed by atoms with van der Waals surface area (Å²) in [4.78, 5) is 12.6. The van der Waals surface area contributed by atoms with Gasteiger partial charge >= 0.3 is 29.6 Å². The Morgan fingerprint density at radius 3 is 2.45 bits per heavy atom. The number of fused-ring (bicyclic) bond motifs is 1. The Kier molecular flexibility index (Phi) is 9.43. The predicted octanol–water partition coefficient (Wildman–Crippen LogP) is 3.46. The number of anilines is 1. The molecule has 0 fully saturated rings. The van der Waals surface area contributed by atoms with Crippen molar-refractivity contribution < 1.29 is 57.2 Å². The first kappa shape index (κ1) is 29.9. The van der Waals surface area contributed by atoms with Crippen molar-refractivity contribution in [2.75, 3.05) is 12.4 Å². The van der Waals surface area contributed by atoms with Crippen LogP contribution in [0.3, 0.4) is 0 Å². The molecule has 0 bridgehead atoms. The zero-order valence-corrected chi connectivity index (χ0v) is 24.6. The van der Waals surface area contributed by atoms with Gasteiger partial charge in [-0.1, -0.05) is 59.3 Å². The maximum atomic E-state index is 13.4. The Hall–Kier alpha value is -2.70. The number of halogens is 2. The zero-order chi connectivity index (χ0) is 26.9. The first-order valence-electron chi connectivity index (χ1n) is 10.6. The third-order valence-electron chi connectivity index (χ3n) is 5.39. The van der Waals surface area contributed by atoms with Crippen LogP contribution in [0.25, 0.3) is 10.8 Å². The molecule has 1 amide bonds. The molecule has 0 unspecified atom stereocenters. The largest absolute Gasteiger partial charge is 1.00 e. The van der Waals surface area contributed by atoms with E-state index in [2.05, 4.69) is 15.5 Å². The molecule has 38 heavy (non-hydrogen) atoms. The third kappa shape index (κ3) is 6.13. The van der Waals surface area contributed by atoms with Gasteiger partial charge in [0.15, 0.2) is 5.75 Å². The van der Waals surface area contributed by atoms with Crippen molar-refractivity contribution in [2.24, 2.45) is 10.2 Å². The standard InChI is InChI=1S/C25H19Cl2N3O6S.Na/c1-13-10-15(12-20(21(13)27)37(33,34)35)29-30-22-16-7-4-3-6-14(16)11-17(23(22)31)25(32)28-19-9-5-8-18(26)24(19)36-2;/h3-12,31H,1-2H3,(H,28,32)(H,33,34,35);/q;+1/p-1. The number of para-hydroxylation sites is 1. The van der Waals surface area contributed by atoms with Gasteiger partial charge in [-0.25, -0.2) is 0 Å². The van der Waals surface area contributed by atoms with Crippen LogP contribution >= 0.6 is 23.2 Å². The molecule has 4 rings (SSSR count). The summed E-state index contributed by atoms with van der Waals surface area (Å²) in [5, 5.41) is 25.2. The average molecular weight is 582 g/mol. The van der Waals surface area contributed by atoms with Gasteiger partial charge in [-0.15, -0.1) is 0 Å². The second-order valence-electron chi connectivity index (χ2n) is 7.85. The summed E-state index contributed by atoms with van der Waals surface area (Å²) in [7, 11) is -3.23. The fourth-order valence-electron chi connectivity index (χ4n) is 3.65. The van der Waals surface area contributed by atoms with Crippen molar-refractivity contribution in [3.8, 4) is 11.5 Å². The molecule has 0 saturated carbocycles. The minimum Gasteiger partial charge on any atom is -0.870 e. The molecule has 190 valence electrons. The van der Waals surface area contributed by atoms with E-state index in [-0.39, 0.29) is 68.0 Å². The maximum absolute atomic E-state index is 13.4. The molecule has 4 aromatic carbocycles. The van der Waals surface area contributed by atoms with Gasteiger partial charge < -0.3 is 15.2 Å². The van der Waals surface area contributed by atoms with E-state index < -0.39 is 26.7 Å². The Morgan fingerprint density at radius 2 is 1.76 bits per heavy atom. The molecule has 0 aliphatic carbocycles. The fraction of sp³-hybridized carbons (Fsp3) is 0.0800. The molecular weight excluding hydrogens is 564 g/mol. The van der Waals surface area contributed by atoms with E-state index in [4.69, 9.17) is 27.9 Å². The van der Waals surface area contributed by atoms with Crippen LogP contribution in [0.15, 0.2) is 75.8 Å². The molecule has 0 radical (unpaired) electrons. The number of nitrogens with one attached hydrogen (secondary N) is 1.